The molecule has 0 unspecified atom stereocenters. The predicted molar refractivity (Wildman–Crippen MR) is 150 cm³/mol. The molecule has 0 spiro atoms. The first kappa shape index (κ1) is 45.4. The van der Waals surface area contributed by atoms with Crippen molar-refractivity contribution in [3.05, 3.63) is 62.5 Å². The normalized spacial score (nSPS) is 8.78. The summed E-state index contributed by atoms with van der Waals surface area (Å²) in [6, 6.07) is 0. The Balaban J connectivity index is -0.000000149. The summed E-state index contributed by atoms with van der Waals surface area (Å²) in [4.78, 5) is 32.3. The summed E-state index contributed by atoms with van der Waals surface area (Å²) in [5.74, 6) is -0.732. The third kappa shape index (κ3) is 41.9. The topological polar surface area (TPSA) is 78.9 Å². The van der Waals surface area contributed by atoms with Crippen LogP contribution in [0.1, 0.15) is 85.5 Å². The second-order valence-corrected chi connectivity index (χ2v) is 8.08. The van der Waals surface area contributed by atoms with Gasteiger partial charge in [-0.25, -0.2) is 4.79 Å². The Morgan fingerprint density at radius 1 is 0.730 bits per heavy atom. The van der Waals surface area contributed by atoms with Crippen LogP contribution in [0.15, 0.2) is 48.6 Å². The third-order valence-electron chi connectivity index (χ3n) is 4.22. The van der Waals surface area contributed by atoms with Crippen LogP contribution in [-0.2, 0) is 28.6 Å². The molecule has 0 bridgehead atoms. The maximum Gasteiger partial charge on any atom is 2.00 e. The smallest absolute Gasteiger partial charge is 1.00 e. The fraction of sp³-hybridized carbons (Fsp3) is 0.552. The molecule has 0 radical (unpaired) electrons. The van der Waals surface area contributed by atoms with E-state index in [2.05, 4.69) is 40.2 Å². The Labute approximate surface area is 253 Å². The zero-order valence-corrected chi connectivity index (χ0v) is 26.8. The third-order valence-corrected chi connectivity index (χ3v) is 4.22. The fourth-order valence-corrected chi connectivity index (χ4v) is 1.91. The van der Waals surface area contributed by atoms with Crippen LogP contribution in [0, 0.1) is 13.8 Å². The van der Waals surface area contributed by atoms with Gasteiger partial charge in [0.25, 0.3) is 0 Å². The first-order chi connectivity index (χ1) is 16.4. The minimum absolute atomic E-state index is 0. The number of ether oxygens (including phenoxy) is 3. The standard InChI is InChI=1S/C13H22O2.C11H17O4.C5H9.BrH.Mg/c1-5-13(14)15-10-9-12(4)8-6-7-11(2)3;1-4-10(12)14-7-6-9(3)8-15-11(13)5-2;1-4-5(2)3;;/h2,4-10H2,1,3H3;1,3-8H2,2H3;1-2,4H2,3H3;1H;/q;+1;-1;;+2/p-1. The summed E-state index contributed by atoms with van der Waals surface area (Å²) in [5.41, 5.74) is 4.24. The van der Waals surface area contributed by atoms with Gasteiger partial charge in [0.1, 0.15) is 6.61 Å². The van der Waals surface area contributed by atoms with Gasteiger partial charge in [0.15, 0.2) is 6.42 Å². The van der Waals surface area contributed by atoms with Crippen LogP contribution in [0.2, 0.25) is 0 Å². The summed E-state index contributed by atoms with van der Waals surface area (Å²) < 4.78 is 14.6. The van der Waals surface area contributed by atoms with Crippen LogP contribution in [0.3, 0.4) is 0 Å². The van der Waals surface area contributed by atoms with E-state index in [-0.39, 0.29) is 77.6 Å². The van der Waals surface area contributed by atoms with Gasteiger partial charge in [0.2, 0.25) is 0 Å². The molecule has 0 aromatic carbocycles. The number of hydrogen-bond donors (Lipinski definition) is 0. The second kappa shape index (κ2) is 32.5. The molecule has 0 rings (SSSR count). The van der Waals surface area contributed by atoms with Crippen LogP contribution < -0.4 is 17.0 Å². The zero-order valence-electron chi connectivity index (χ0n) is 23.8. The van der Waals surface area contributed by atoms with Gasteiger partial charge in [-0.1, -0.05) is 38.2 Å². The Hall–Kier alpha value is -1.51. The van der Waals surface area contributed by atoms with Gasteiger partial charge < -0.3 is 38.1 Å². The molecule has 0 aromatic heterocycles. The molecule has 0 aliphatic heterocycles. The maximum absolute atomic E-state index is 10.8. The number of halogens is 1. The molecular weight excluding hydrogens is 549 g/mol. The van der Waals surface area contributed by atoms with Gasteiger partial charge in [0.05, 0.1) is 20.1 Å². The van der Waals surface area contributed by atoms with Crippen molar-refractivity contribution < 1.29 is 45.6 Å². The molecule has 0 amide bonds. The molecule has 0 aliphatic carbocycles. The van der Waals surface area contributed by atoms with E-state index < -0.39 is 0 Å². The molecule has 0 fully saturated rings. The van der Waals surface area contributed by atoms with E-state index in [4.69, 9.17) is 14.2 Å². The minimum atomic E-state index is -0.339. The number of carbonyl (C=O) groups excluding carboxylic acids is 3. The summed E-state index contributed by atoms with van der Waals surface area (Å²) in [6.45, 7) is 30.5. The van der Waals surface area contributed by atoms with E-state index in [9.17, 15) is 14.4 Å². The quantitative estimate of drug-likeness (QED) is 0.0889. The van der Waals surface area contributed by atoms with Crippen molar-refractivity contribution in [2.45, 2.75) is 85.5 Å². The number of rotatable bonds is 16. The van der Waals surface area contributed by atoms with E-state index >= 15 is 0 Å². The molecule has 0 saturated heterocycles. The van der Waals surface area contributed by atoms with E-state index in [1.165, 1.54) is 5.57 Å². The largest absolute Gasteiger partial charge is 2.00 e. The SMILES string of the molecule is C=C(C)CCCC(=C)CCOC(=O)CC.C=C(C)C[CH2-].C=C(CCOC(=O)C[CH2+])COC(=O)CC.[Br-].[Mg+2]. The molecular formula is C29H48BrMgO6+. The Bertz CT molecular complexity index is 673. The Kier molecular flexibility index (Phi) is 39.9. The average molecular weight is 597 g/mol. The zero-order chi connectivity index (χ0) is 27.6. The summed E-state index contributed by atoms with van der Waals surface area (Å²) in [6.07, 6.45) is 6.20. The first-order valence-electron chi connectivity index (χ1n) is 12.1. The number of allylic oxidation sites excluding steroid dienone is 2. The number of esters is 3. The van der Waals surface area contributed by atoms with Crippen molar-refractivity contribution in [2.24, 2.45) is 0 Å². The second-order valence-electron chi connectivity index (χ2n) is 8.08. The van der Waals surface area contributed by atoms with Crippen molar-refractivity contribution in [3.8, 4) is 0 Å². The molecule has 0 N–H and O–H groups in total. The number of hydrogen-bond acceptors (Lipinski definition) is 6. The molecule has 8 heteroatoms. The summed E-state index contributed by atoms with van der Waals surface area (Å²) in [7, 11) is 0. The molecule has 0 heterocycles. The van der Waals surface area contributed by atoms with Crippen LogP contribution >= 0.6 is 0 Å². The molecule has 208 valence electrons. The molecule has 0 aliphatic rings. The van der Waals surface area contributed by atoms with Crippen LogP contribution in [0.5, 0.6) is 0 Å². The summed E-state index contributed by atoms with van der Waals surface area (Å²) >= 11 is 0. The van der Waals surface area contributed by atoms with Crippen molar-refractivity contribution in [1.29, 1.82) is 0 Å². The van der Waals surface area contributed by atoms with Crippen LogP contribution in [0.25, 0.3) is 0 Å². The van der Waals surface area contributed by atoms with Crippen molar-refractivity contribution in [3.63, 3.8) is 0 Å². The Morgan fingerprint density at radius 2 is 1.16 bits per heavy atom. The first-order valence-corrected chi connectivity index (χ1v) is 12.1. The van der Waals surface area contributed by atoms with Crippen molar-refractivity contribution in [1.82, 2.24) is 0 Å². The summed E-state index contributed by atoms with van der Waals surface area (Å²) in [5, 5.41) is 0. The molecule has 0 atom stereocenters. The van der Waals surface area contributed by atoms with E-state index in [1.54, 1.807) is 13.8 Å². The molecule has 37 heavy (non-hydrogen) atoms. The number of carbonyl (C=O) groups is 3. The van der Waals surface area contributed by atoms with E-state index in [0.29, 0.717) is 25.9 Å². The van der Waals surface area contributed by atoms with E-state index in [1.807, 2.05) is 13.8 Å². The maximum atomic E-state index is 10.8. The van der Waals surface area contributed by atoms with Gasteiger partial charge in [-0.2, -0.15) is 6.42 Å². The molecule has 6 nitrogen and oxygen atoms in total. The molecule has 0 saturated carbocycles. The van der Waals surface area contributed by atoms with Crippen molar-refractivity contribution in [2.75, 3.05) is 19.8 Å². The minimum Gasteiger partial charge on any atom is -1.00 e. The van der Waals surface area contributed by atoms with Crippen molar-refractivity contribution >= 4 is 41.0 Å². The van der Waals surface area contributed by atoms with Gasteiger partial charge in [0, 0.05) is 25.7 Å². The van der Waals surface area contributed by atoms with Gasteiger partial charge in [-0.3, -0.25) is 9.59 Å². The fourth-order valence-electron chi connectivity index (χ4n) is 1.91. The van der Waals surface area contributed by atoms with Gasteiger partial charge in [-0.15, -0.1) is 18.7 Å². The molecule has 0 aromatic rings. The monoisotopic (exact) mass is 595 g/mol. The van der Waals surface area contributed by atoms with Crippen LogP contribution in [-0.4, -0.2) is 60.8 Å². The van der Waals surface area contributed by atoms with Gasteiger partial charge >= 0.3 is 41.0 Å². The predicted octanol–water partition coefficient (Wildman–Crippen LogP) is 3.70. The van der Waals surface area contributed by atoms with E-state index in [0.717, 1.165) is 48.8 Å². The average Bonchev–Trinajstić information content (AvgIpc) is 2.82. The Morgan fingerprint density at radius 3 is 1.57 bits per heavy atom. The van der Waals surface area contributed by atoms with Crippen LogP contribution in [0.4, 0.5) is 0 Å². The van der Waals surface area contributed by atoms with Gasteiger partial charge in [-0.05, 0) is 38.7 Å².